The second-order valence-electron chi connectivity index (χ2n) is 6.68. The van der Waals surface area contributed by atoms with Gasteiger partial charge in [0.25, 0.3) is 0 Å². The maximum absolute atomic E-state index is 13.0. The zero-order valence-corrected chi connectivity index (χ0v) is 15.5. The predicted octanol–water partition coefficient (Wildman–Crippen LogP) is 3.11. The summed E-state index contributed by atoms with van der Waals surface area (Å²) in [5.74, 6) is 6.04. The fourth-order valence-electron chi connectivity index (χ4n) is 3.35. The summed E-state index contributed by atoms with van der Waals surface area (Å²) >= 11 is 0. The Kier molecular flexibility index (Phi) is 6.05. The van der Waals surface area contributed by atoms with Crippen molar-refractivity contribution in [1.29, 1.82) is 0 Å². The van der Waals surface area contributed by atoms with Crippen LogP contribution in [0.15, 0.2) is 54.6 Å². The van der Waals surface area contributed by atoms with E-state index in [2.05, 4.69) is 17.2 Å². The molecule has 3 rings (SSSR count). The third-order valence-electron chi connectivity index (χ3n) is 4.97. The molecule has 2 aromatic carbocycles. The normalized spacial score (nSPS) is 15.3. The molecule has 0 aliphatic carbocycles. The summed E-state index contributed by atoms with van der Waals surface area (Å²) in [6.45, 7) is 2.98. The minimum atomic E-state index is -0.551. The van der Waals surface area contributed by atoms with Gasteiger partial charge in [-0.05, 0) is 37.5 Å². The first-order valence-corrected chi connectivity index (χ1v) is 9.13. The molecule has 0 spiro atoms. The number of carbonyl (C=O) groups is 2. The maximum atomic E-state index is 13.0. The standard InChI is InChI=1S/C23H23NO3/c1-18(25)20-11-9-19(10-12-20)6-5-15-24-22(26)23(13-16-27-17-14-23)21-7-3-2-4-8-21/h2-4,7-12H,13-17H2,1H3,(H,24,26). The molecule has 0 saturated carbocycles. The Morgan fingerprint density at radius 1 is 1.04 bits per heavy atom. The van der Waals surface area contributed by atoms with Gasteiger partial charge in [-0.1, -0.05) is 54.3 Å². The SMILES string of the molecule is CC(=O)c1ccc(C#CCNC(=O)C2(c3ccccc3)CCOCC2)cc1. The van der Waals surface area contributed by atoms with Crippen LogP contribution in [0.4, 0.5) is 0 Å². The summed E-state index contributed by atoms with van der Waals surface area (Å²) in [4.78, 5) is 24.3. The number of nitrogens with one attached hydrogen (secondary N) is 1. The predicted molar refractivity (Wildman–Crippen MR) is 105 cm³/mol. The van der Waals surface area contributed by atoms with Crippen molar-refractivity contribution in [3.05, 3.63) is 71.3 Å². The number of benzene rings is 2. The van der Waals surface area contributed by atoms with Crippen LogP contribution in [0.1, 0.15) is 41.3 Å². The van der Waals surface area contributed by atoms with E-state index in [9.17, 15) is 9.59 Å². The lowest BCUT2D eigenvalue weighted by Crippen LogP contribution is -2.48. The Balaban J connectivity index is 1.66. The zero-order chi connectivity index (χ0) is 19.1. The van der Waals surface area contributed by atoms with E-state index >= 15 is 0 Å². The first-order valence-electron chi connectivity index (χ1n) is 9.13. The average Bonchev–Trinajstić information content (AvgIpc) is 2.72. The maximum Gasteiger partial charge on any atom is 0.231 e. The summed E-state index contributed by atoms with van der Waals surface area (Å²) < 4.78 is 5.47. The first kappa shape index (κ1) is 18.9. The molecule has 2 aromatic rings. The summed E-state index contributed by atoms with van der Waals surface area (Å²) in [6, 6.07) is 17.0. The lowest BCUT2D eigenvalue weighted by Gasteiger charge is -2.36. The van der Waals surface area contributed by atoms with E-state index in [0.29, 0.717) is 31.6 Å². The van der Waals surface area contributed by atoms with Gasteiger partial charge in [-0.25, -0.2) is 0 Å². The van der Waals surface area contributed by atoms with E-state index in [0.717, 1.165) is 11.1 Å². The molecule has 0 bridgehead atoms. The van der Waals surface area contributed by atoms with Crippen molar-refractivity contribution in [2.24, 2.45) is 0 Å². The monoisotopic (exact) mass is 361 g/mol. The van der Waals surface area contributed by atoms with Gasteiger partial charge in [0.1, 0.15) is 0 Å². The van der Waals surface area contributed by atoms with Crippen molar-refractivity contribution in [2.75, 3.05) is 19.8 Å². The minimum absolute atomic E-state index is 0.00164. The van der Waals surface area contributed by atoms with Crippen molar-refractivity contribution >= 4 is 11.7 Å². The van der Waals surface area contributed by atoms with Crippen LogP contribution in [-0.4, -0.2) is 31.4 Å². The second kappa shape index (κ2) is 8.66. The molecular weight excluding hydrogens is 338 g/mol. The molecule has 1 heterocycles. The summed E-state index contributed by atoms with van der Waals surface area (Å²) in [5.41, 5.74) is 1.96. The van der Waals surface area contributed by atoms with Gasteiger partial charge < -0.3 is 10.1 Å². The number of ketones is 1. The van der Waals surface area contributed by atoms with Crippen molar-refractivity contribution in [1.82, 2.24) is 5.32 Å². The van der Waals surface area contributed by atoms with Gasteiger partial charge in [-0.15, -0.1) is 0 Å². The molecule has 1 saturated heterocycles. The Bertz CT molecular complexity index is 854. The highest BCUT2D eigenvalue weighted by atomic mass is 16.5. The third kappa shape index (κ3) is 4.45. The molecular formula is C23H23NO3. The number of carbonyl (C=O) groups excluding carboxylic acids is 2. The first-order chi connectivity index (χ1) is 13.1. The van der Waals surface area contributed by atoms with Crippen molar-refractivity contribution in [3.63, 3.8) is 0 Å². The molecule has 138 valence electrons. The lowest BCUT2D eigenvalue weighted by molar-refractivity contribution is -0.130. The fraction of sp³-hybridized carbons (Fsp3) is 0.304. The van der Waals surface area contributed by atoms with E-state index in [1.807, 2.05) is 42.5 Å². The van der Waals surface area contributed by atoms with Crippen LogP contribution < -0.4 is 5.32 Å². The second-order valence-corrected chi connectivity index (χ2v) is 6.68. The summed E-state index contributed by atoms with van der Waals surface area (Å²) in [7, 11) is 0. The number of hydrogen-bond acceptors (Lipinski definition) is 3. The van der Waals surface area contributed by atoms with Crippen molar-refractivity contribution in [2.45, 2.75) is 25.2 Å². The number of ether oxygens (including phenoxy) is 1. The highest BCUT2D eigenvalue weighted by molar-refractivity contribution is 5.94. The number of Topliss-reactive ketones (excluding diaryl/α,β-unsaturated/α-hetero) is 1. The molecule has 0 atom stereocenters. The number of amides is 1. The highest BCUT2D eigenvalue weighted by Gasteiger charge is 2.41. The molecule has 1 aliphatic heterocycles. The topological polar surface area (TPSA) is 55.4 Å². The van der Waals surface area contributed by atoms with Crippen LogP contribution in [0.5, 0.6) is 0 Å². The summed E-state index contributed by atoms with van der Waals surface area (Å²) in [6.07, 6.45) is 1.34. The third-order valence-corrected chi connectivity index (χ3v) is 4.97. The minimum Gasteiger partial charge on any atom is -0.381 e. The molecule has 1 aliphatic rings. The lowest BCUT2D eigenvalue weighted by atomic mass is 9.73. The van der Waals surface area contributed by atoms with Gasteiger partial charge in [0.05, 0.1) is 12.0 Å². The van der Waals surface area contributed by atoms with Gasteiger partial charge in [-0.2, -0.15) is 0 Å². The van der Waals surface area contributed by atoms with E-state index in [1.165, 1.54) is 6.92 Å². The smallest absolute Gasteiger partial charge is 0.231 e. The fourth-order valence-corrected chi connectivity index (χ4v) is 3.35. The summed E-state index contributed by atoms with van der Waals surface area (Å²) in [5, 5.41) is 2.97. The Hall–Kier alpha value is -2.90. The van der Waals surface area contributed by atoms with Gasteiger partial charge in [0, 0.05) is 24.3 Å². The van der Waals surface area contributed by atoms with Crippen LogP contribution in [0.3, 0.4) is 0 Å². The van der Waals surface area contributed by atoms with E-state index in [1.54, 1.807) is 12.1 Å². The van der Waals surface area contributed by atoms with E-state index < -0.39 is 5.41 Å². The number of hydrogen-bond donors (Lipinski definition) is 1. The van der Waals surface area contributed by atoms with Crippen molar-refractivity contribution in [3.8, 4) is 11.8 Å². The van der Waals surface area contributed by atoms with Gasteiger partial charge in [0.2, 0.25) is 5.91 Å². The van der Waals surface area contributed by atoms with Crippen LogP contribution in [0.2, 0.25) is 0 Å². The molecule has 4 nitrogen and oxygen atoms in total. The van der Waals surface area contributed by atoms with E-state index in [4.69, 9.17) is 4.74 Å². The molecule has 1 N–H and O–H groups in total. The molecule has 27 heavy (non-hydrogen) atoms. The van der Waals surface area contributed by atoms with Gasteiger partial charge >= 0.3 is 0 Å². The average molecular weight is 361 g/mol. The van der Waals surface area contributed by atoms with Crippen LogP contribution >= 0.6 is 0 Å². The molecule has 4 heteroatoms. The van der Waals surface area contributed by atoms with E-state index in [-0.39, 0.29) is 18.2 Å². The van der Waals surface area contributed by atoms with Crippen molar-refractivity contribution < 1.29 is 14.3 Å². The largest absolute Gasteiger partial charge is 0.381 e. The number of rotatable bonds is 4. The molecule has 0 radical (unpaired) electrons. The Morgan fingerprint density at radius 2 is 1.70 bits per heavy atom. The molecule has 1 amide bonds. The van der Waals surface area contributed by atoms with Crippen LogP contribution in [0.25, 0.3) is 0 Å². The van der Waals surface area contributed by atoms with Crippen LogP contribution in [0, 0.1) is 11.8 Å². The van der Waals surface area contributed by atoms with Gasteiger partial charge in [0.15, 0.2) is 5.78 Å². The quantitative estimate of drug-likeness (QED) is 0.672. The Labute approximate surface area is 159 Å². The molecule has 0 aromatic heterocycles. The molecule has 1 fully saturated rings. The molecule has 0 unspecified atom stereocenters. The highest BCUT2D eigenvalue weighted by Crippen LogP contribution is 2.35. The van der Waals surface area contributed by atoms with Gasteiger partial charge in [-0.3, -0.25) is 9.59 Å². The Morgan fingerprint density at radius 3 is 2.33 bits per heavy atom. The zero-order valence-electron chi connectivity index (χ0n) is 15.5. The van der Waals surface area contributed by atoms with Crippen LogP contribution in [-0.2, 0) is 14.9 Å².